The summed E-state index contributed by atoms with van der Waals surface area (Å²) in [5, 5.41) is 1.68. The summed E-state index contributed by atoms with van der Waals surface area (Å²) >= 11 is 2.51. The molecule has 0 spiro atoms. The number of aromatic nitrogens is 2. The second-order valence-corrected chi connectivity index (χ2v) is 6.95. The predicted octanol–water partition coefficient (Wildman–Crippen LogP) is 3.63. The number of imidazole rings is 1. The van der Waals surface area contributed by atoms with Crippen LogP contribution in [0.2, 0.25) is 0 Å². The van der Waals surface area contributed by atoms with E-state index in [4.69, 9.17) is 0 Å². The zero-order chi connectivity index (χ0) is 15.8. The molecule has 4 heterocycles. The van der Waals surface area contributed by atoms with Gasteiger partial charge in [-0.1, -0.05) is 12.1 Å². The van der Waals surface area contributed by atoms with Crippen LogP contribution in [0.5, 0.6) is 0 Å². The molecule has 7 heteroatoms. The molecule has 0 aromatic carbocycles. The van der Waals surface area contributed by atoms with Crippen LogP contribution in [0.15, 0.2) is 53.0 Å². The maximum absolute atomic E-state index is 12.4. The first-order valence-corrected chi connectivity index (χ1v) is 8.62. The quantitative estimate of drug-likeness (QED) is 0.683. The van der Waals surface area contributed by atoms with Crippen LogP contribution in [0, 0.1) is 0 Å². The fraction of sp³-hybridized carbons (Fsp3) is 0.0625. The lowest BCUT2D eigenvalue weighted by Gasteiger charge is -2.09. The Hall–Kier alpha value is -2.38. The molecule has 2 amide bonds. The first-order valence-electron chi connectivity index (χ1n) is 6.92. The van der Waals surface area contributed by atoms with Gasteiger partial charge in [0.25, 0.3) is 11.1 Å². The van der Waals surface area contributed by atoms with E-state index in [2.05, 4.69) is 4.98 Å². The lowest BCUT2D eigenvalue weighted by Crippen LogP contribution is -2.27. The number of nitrogens with zero attached hydrogens (tertiary/aromatic N) is 3. The van der Waals surface area contributed by atoms with Gasteiger partial charge in [-0.3, -0.25) is 14.5 Å². The standard InChI is InChI=1S/C16H11N3O2S2/c20-15-13(8-12-4-3-7-22-12)23-16(21)19(15)10-11-9-18-6-2-1-5-14(18)17-11/h1-9H,10H2/b13-8+. The third-order valence-electron chi connectivity index (χ3n) is 3.42. The molecule has 114 valence electrons. The van der Waals surface area contributed by atoms with E-state index < -0.39 is 0 Å². The van der Waals surface area contributed by atoms with Gasteiger partial charge in [-0.15, -0.1) is 11.3 Å². The average molecular weight is 341 g/mol. The first kappa shape index (κ1) is 14.2. The summed E-state index contributed by atoms with van der Waals surface area (Å²) in [6.07, 6.45) is 5.48. The van der Waals surface area contributed by atoms with E-state index in [-0.39, 0.29) is 17.7 Å². The van der Waals surface area contributed by atoms with Crippen molar-refractivity contribution in [3.63, 3.8) is 0 Å². The van der Waals surface area contributed by atoms with Crippen molar-refractivity contribution in [2.45, 2.75) is 6.54 Å². The van der Waals surface area contributed by atoms with Crippen LogP contribution in [0.4, 0.5) is 4.79 Å². The smallest absolute Gasteiger partial charge is 0.293 e. The lowest BCUT2D eigenvalue weighted by atomic mass is 10.3. The van der Waals surface area contributed by atoms with E-state index in [1.165, 1.54) is 16.2 Å². The molecule has 0 atom stereocenters. The third-order valence-corrected chi connectivity index (χ3v) is 5.15. The fourth-order valence-corrected chi connectivity index (χ4v) is 3.93. The number of pyridine rings is 1. The Morgan fingerprint density at radius 3 is 2.87 bits per heavy atom. The van der Waals surface area contributed by atoms with Crippen LogP contribution in [-0.4, -0.2) is 25.4 Å². The van der Waals surface area contributed by atoms with Gasteiger partial charge in [-0.05, 0) is 41.4 Å². The highest BCUT2D eigenvalue weighted by atomic mass is 32.2. The number of fused-ring (bicyclic) bond motifs is 1. The number of amides is 2. The van der Waals surface area contributed by atoms with Crippen LogP contribution in [0.3, 0.4) is 0 Å². The number of carbonyl (C=O) groups excluding carboxylic acids is 2. The molecule has 0 bridgehead atoms. The minimum atomic E-state index is -0.259. The summed E-state index contributed by atoms with van der Waals surface area (Å²) in [4.78, 5) is 31.7. The SMILES string of the molecule is O=C1S/C(=C/c2cccs2)C(=O)N1Cc1cn2ccccc2n1. The number of rotatable bonds is 3. The molecule has 1 aliphatic rings. The van der Waals surface area contributed by atoms with Gasteiger partial charge in [0.05, 0.1) is 17.1 Å². The van der Waals surface area contributed by atoms with Crippen LogP contribution < -0.4 is 0 Å². The van der Waals surface area contributed by atoms with E-state index >= 15 is 0 Å². The Bertz CT molecular complexity index is 895. The predicted molar refractivity (Wildman–Crippen MR) is 91.0 cm³/mol. The summed E-state index contributed by atoms with van der Waals surface area (Å²) < 4.78 is 1.87. The van der Waals surface area contributed by atoms with Crippen molar-refractivity contribution < 1.29 is 9.59 Å². The normalized spacial score (nSPS) is 16.9. The van der Waals surface area contributed by atoms with Crippen molar-refractivity contribution in [2.75, 3.05) is 0 Å². The van der Waals surface area contributed by atoms with Gasteiger partial charge in [0.15, 0.2) is 0 Å². The summed E-state index contributed by atoms with van der Waals surface area (Å²) in [7, 11) is 0. The fourth-order valence-electron chi connectivity index (χ4n) is 2.36. The molecule has 0 radical (unpaired) electrons. The molecule has 1 saturated heterocycles. The van der Waals surface area contributed by atoms with Gasteiger partial charge in [0.1, 0.15) is 5.65 Å². The highest BCUT2D eigenvalue weighted by molar-refractivity contribution is 8.18. The Morgan fingerprint density at radius 1 is 1.17 bits per heavy atom. The van der Waals surface area contributed by atoms with Crippen molar-refractivity contribution in [2.24, 2.45) is 0 Å². The van der Waals surface area contributed by atoms with Crippen LogP contribution in [0.1, 0.15) is 10.6 Å². The maximum atomic E-state index is 12.4. The summed E-state index contributed by atoms with van der Waals surface area (Å²) in [6, 6.07) is 9.52. The molecule has 0 unspecified atom stereocenters. The topological polar surface area (TPSA) is 54.7 Å². The Labute approximate surface area is 140 Å². The van der Waals surface area contributed by atoms with Crippen LogP contribution in [-0.2, 0) is 11.3 Å². The molecule has 0 saturated carbocycles. The number of thioether (sulfide) groups is 1. The summed E-state index contributed by atoms with van der Waals surface area (Å²) in [5.74, 6) is -0.259. The zero-order valence-corrected chi connectivity index (χ0v) is 13.5. The van der Waals surface area contributed by atoms with E-state index in [1.807, 2.05) is 52.5 Å². The molecule has 4 rings (SSSR count). The second kappa shape index (κ2) is 5.68. The highest BCUT2D eigenvalue weighted by Crippen LogP contribution is 2.33. The summed E-state index contributed by atoms with van der Waals surface area (Å²) in [6.45, 7) is 0.189. The maximum Gasteiger partial charge on any atom is 0.293 e. The molecule has 0 aliphatic carbocycles. The van der Waals surface area contributed by atoms with E-state index in [9.17, 15) is 9.59 Å². The van der Waals surface area contributed by atoms with Gasteiger partial charge in [-0.2, -0.15) is 0 Å². The first-order chi connectivity index (χ1) is 11.2. The summed E-state index contributed by atoms with van der Waals surface area (Å²) in [5.41, 5.74) is 1.49. The Morgan fingerprint density at radius 2 is 2.09 bits per heavy atom. The Kier molecular flexibility index (Phi) is 3.51. The van der Waals surface area contributed by atoms with Gasteiger partial charge in [0.2, 0.25) is 0 Å². The van der Waals surface area contributed by atoms with Crippen molar-refractivity contribution >= 4 is 46.0 Å². The monoisotopic (exact) mass is 341 g/mol. The molecule has 3 aromatic heterocycles. The molecular weight excluding hydrogens is 330 g/mol. The van der Waals surface area contributed by atoms with E-state index in [1.54, 1.807) is 6.08 Å². The number of imide groups is 1. The molecule has 3 aromatic rings. The number of carbonyl (C=O) groups is 2. The minimum absolute atomic E-state index is 0.189. The van der Waals surface area contributed by atoms with Crippen molar-refractivity contribution in [3.8, 4) is 0 Å². The molecule has 5 nitrogen and oxygen atoms in total. The van der Waals surface area contributed by atoms with Gasteiger partial charge < -0.3 is 4.40 Å². The van der Waals surface area contributed by atoms with Gasteiger partial charge in [-0.25, -0.2) is 4.98 Å². The second-order valence-electron chi connectivity index (χ2n) is 4.98. The van der Waals surface area contributed by atoms with Crippen LogP contribution >= 0.6 is 23.1 Å². The molecule has 1 fully saturated rings. The van der Waals surface area contributed by atoms with Crippen LogP contribution in [0.25, 0.3) is 11.7 Å². The molecule has 1 aliphatic heterocycles. The zero-order valence-electron chi connectivity index (χ0n) is 11.9. The lowest BCUT2D eigenvalue weighted by molar-refractivity contribution is -0.123. The van der Waals surface area contributed by atoms with Gasteiger partial charge >= 0.3 is 0 Å². The largest absolute Gasteiger partial charge is 0.307 e. The van der Waals surface area contributed by atoms with E-state index in [0.717, 1.165) is 22.3 Å². The van der Waals surface area contributed by atoms with Gasteiger partial charge in [0, 0.05) is 17.3 Å². The average Bonchev–Trinajstić information content (AvgIpc) is 3.24. The third kappa shape index (κ3) is 2.69. The highest BCUT2D eigenvalue weighted by Gasteiger charge is 2.35. The Balaban J connectivity index is 1.59. The molecule has 23 heavy (non-hydrogen) atoms. The minimum Gasteiger partial charge on any atom is -0.307 e. The molecule has 0 N–H and O–H groups in total. The van der Waals surface area contributed by atoms with Crippen molar-refractivity contribution in [3.05, 3.63) is 63.6 Å². The number of hydrogen-bond acceptors (Lipinski definition) is 5. The van der Waals surface area contributed by atoms with Crippen molar-refractivity contribution in [1.82, 2.24) is 14.3 Å². The number of thiophene rings is 1. The van der Waals surface area contributed by atoms with Crippen molar-refractivity contribution in [1.29, 1.82) is 0 Å². The van der Waals surface area contributed by atoms with E-state index in [0.29, 0.717) is 10.6 Å². The molecular formula is C16H11N3O2S2. The number of hydrogen-bond donors (Lipinski definition) is 0.